The molecule has 25 nitrogen and oxygen atoms in total. The van der Waals surface area contributed by atoms with Crippen LogP contribution < -0.4 is 37.2 Å². The van der Waals surface area contributed by atoms with Gasteiger partial charge < -0.3 is 51.9 Å². The Morgan fingerprint density at radius 3 is 0.915 bits per heavy atom. The molecule has 7 amide bonds. The molecule has 4 aromatic heterocycles. The van der Waals surface area contributed by atoms with Crippen molar-refractivity contribution in [2.45, 2.75) is 225 Å². The molecule has 0 saturated heterocycles. The molecule has 0 aliphatic heterocycles. The fourth-order valence-electron chi connectivity index (χ4n) is 16.1. The number of anilines is 11. The van der Waals surface area contributed by atoms with E-state index < -0.39 is 4.92 Å². The Bertz CT molecular complexity index is 5970. The molecule has 0 spiro atoms. The van der Waals surface area contributed by atoms with Crippen LogP contribution in [0.1, 0.15) is 252 Å². The molecule has 4 heterocycles. The average molecular weight is 1840 g/mol. The number of nitrogens with two attached hydrogens (primary N) is 1. The minimum Gasteiger partial charge on any atom is -0.399 e. The first-order valence-corrected chi connectivity index (χ1v) is 47.0. The smallest absolute Gasteiger partial charge is 0.272 e. The fourth-order valence-corrected chi connectivity index (χ4v) is 20.1. The minimum atomic E-state index is -0.471. The van der Waals surface area contributed by atoms with Gasteiger partial charge in [-0.25, -0.2) is 19.9 Å². The molecule has 12 aromatic rings. The summed E-state index contributed by atoms with van der Waals surface area (Å²) in [6.45, 7) is 50.9. The number of aryl methyl sites for hydroxylation is 12. The van der Waals surface area contributed by atoms with E-state index in [1.807, 2.05) is 101 Å². The maximum absolute atomic E-state index is 13.6. The monoisotopic (exact) mass is 1840 g/mol. The highest BCUT2D eigenvalue weighted by molar-refractivity contribution is 7.24. The SMILES string of the molecule is C.C.CCCN(CCC)C(=O)c1cc(N)cc2nc(Nc3c(C)cc(C)cc3C)sc12.CCCN(CCC)C(=O)c1cc(NC(C)=O)cc2nc(N(C(C)=O)c3c(C)cc(C)cc3C)sc12.CCCN(CCC)C(=O)c1cc(NC(C)=O)cc2nc(Nc3c(C)cc(C)cc3C)sc12.CCCN(CCC)C(=O)c1cc([N+](=O)[O-])cc2nc(Nc3c(C)cc(C)cc3C)sc12.[2HH].[B]. The molecule has 695 valence electrons. The topological polar surface area (TPSA) is 317 Å². The Hall–Kier alpha value is -11.7. The molecule has 0 bridgehead atoms. The lowest BCUT2D eigenvalue weighted by molar-refractivity contribution is -0.384. The van der Waals surface area contributed by atoms with Gasteiger partial charge in [0.05, 0.1) is 73.7 Å². The minimum absolute atomic E-state index is 0. The average Bonchev–Trinajstić information content (AvgIpc) is 1.63. The number of nitrogens with one attached hydrogen (secondary N) is 5. The van der Waals surface area contributed by atoms with E-state index in [0.717, 1.165) is 151 Å². The molecule has 0 atom stereocenters. The molecule has 0 saturated carbocycles. The van der Waals surface area contributed by atoms with E-state index in [4.69, 9.17) is 20.7 Å². The third kappa shape index (κ3) is 26.8. The van der Waals surface area contributed by atoms with Crippen LogP contribution in [-0.2, 0) is 14.4 Å². The van der Waals surface area contributed by atoms with Gasteiger partial charge in [-0.15, -0.1) is 0 Å². The summed E-state index contributed by atoms with van der Waals surface area (Å²) in [5.74, 6) is -0.844. The van der Waals surface area contributed by atoms with Gasteiger partial charge in [0.1, 0.15) is 0 Å². The largest absolute Gasteiger partial charge is 0.399 e. The van der Waals surface area contributed by atoms with Crippen LogP contribution in [0.15, 0.2) is 97.1 Å². The van der Waals surface area contributed by atoms with Gasteiger partial charge >= 0.3 is 0 Å². The van der Waals surface area contributed by atoms with Crippen LogP contribution in [-0.4, -0.2) is 147 Å². The number of nitrogens with zero attached hydrogens (tertiary/aromatic N) is 10. The molecule has 12 rings (SSSR count). The Kier molecular flexibility index (Phi) is 40.2. The number of nitro benzene ring substituents is 1. The molecular formula is C100H134BN16O9S4. The second-order valence-corrected chi connectivity index (χ2v) is 36.6. The molecule has 30 heteroatoms. The van der Waals surface area contributed by atoms with Gasteiger partial charge in [-0.05, 0) is 215 Å². The Labute approximate surface area is 787 Å². The van der Waals surface area contributed by atoms with Crippen LogP contribution in [0.4, 0.5) is 66.0 Å². The summed E-state index contributed by atoms with van der Waals surface area (Å²) in [6.07, 6.45) is 6.98. The van der Waals surface area contributed by atoms with Crippen LogP contribution in [0.25, 0.3) is 40.9 Å². The number of non-ortho nitro benzene ring substituents is 1. The van der Waals surface area contributed by atoms with Crippen molar-refractivity contribution in [3.8, 4) is 0 Å². The van der Waals surface area contributed by atoms with E-state index in [0.29, 0.717) is 115 Å². The predicted octanol–water partition coefficient (Wildman–Crippen LogP) is 25.4. The van der Waals surface area contributed by atoms with Gasteiger partial charge in [-0.1, -0.05) is 186 Å². The standard InChI is InChI=1S/C27H34N4O3S.C25H32N4O2S.C23H28N4O3S.C23H30N4OS.2CH4.B.H2/c1-8-10-30(11-9-2)26(34)22-14-21(28-19(6)32)15-23-25(22)35-27(29-23)31(20(7)33)24-17(4)12-16(3)13-18(24)5;1-7-9-29(10-8-2)24(31)20-13-19(26-18(6)30)14-21-23(20)32-25(27-21)28-22-16(4)11-15(3)12-17(22)5;1-6-8-26(9-7-2)22(28)18-12-17(27(29)30)13-19-21(18)31-23(24-19)25-20-15(4)10-14(3)11-16(20)5;1-6-8-27(9-7-2)22(28)18-12-17(24)13-19-21(18)29-23(25-19)26-20-15(4)10-14(3)11-16(20)5;;;;/h12-15H,8-11H2,1-7H3,(H,28,32);11-14H,7-10H2,1-6H3,(H,26,30)(H,27,28);10-13H,6-9H2,1-5H3,(H,24,25);10-13H,6-9,24H2,1-5H3,(H,25,26);2*1H4;;1H/i;;;;;;;1+1. The van der Waals surface area contributed by atoms with Crippen LogP contribution in [0.2, 0.25) is 0 Å². The van der Waals surface area contributed by atoms with Crippen LogP contribution in [0.5, 0.6) is 0 Å². The predicted molar refractivity (Wildman–Crippen MR) is 551 cm³/mol. The van der Waals surface area contributed by atoms with Gasteiger partial charge in [0.2, 0.25) is 17.7 Å². The first-order valence-electron chi connectivity index (χ1n) is 43.7. The molecule has 7 N–H and O–H groups in total. The quantitative estimate of drug-likeness (QED) is 0.0102. The highest BCUT2D eigenvalue weighted by Crippen LogP contribution is 2.43. The van der Waals surface area contributed by atoms with E-state index >= 15 is 0 Å². The lowest BCUT2D eigenvalue weighted by Gasteiger charge is -2.23. The summed E-state index contributed by atoms with van der Waals surface area (Å²) in [6, 6.07) is 30.4. The third-order valence-electron chi connectivity index (χ3n) is 20.9. The van der Waals surface area contributed by atoms with Crippen LogP contribution in [0, 0.1) is 93.2 Å². The number of thiazole rings is 4. The number of benzene rings is 8. The molecular weight excluding hydrogens is 1710 g/mol. The van der Waals surface area contributed by atoms with Crippen molar-refractivity contribution in [2.24, 2.45) is 0 Å². The van der Waals surface area contributed by atoms with Crippen molar-refractivity contribution in [1.29, 1.82) is 0 Å². The third-order valence-corrected chi connectivity index (χ3v) is 25.1. The number of fused-ring (bicyclic) bond motifs is 4. The van der Waals surface area contributed by atoms with Crippen molar-refractivity contribution in [2.75, 3.05) is 89.6 Å². The summed E-state index contributed by atoms with van der Waals surface area (Å²) in [5, 5.41) is 30.0. The van der Waals surface area contributed by atoms with Gasteiger partial charge in [-0.2, -0.15) is 0 Å². The maximum Gasteiger partial charge on any atom is 0.272 e. The maximum atomic E-state index is 13.6. The summed E-state index contributed by atoms with van der Waals surface area (Å²) < 4.78 is 3.07. The van der Waals surface area contributed by atoms with E-state index in [1.54, 1.807) is 34.1 Å². The number of hydrogen-bond donors (Lipinski definition) is 6. The lowest BCUT2D eigenvalue weighted by atomic mass is 10.0. The number of amides is 7. The lowest BCUT2D eigenvalue weighted by Crippen LogP contribution is -2.32. The number of carbonyl (C=O) groups is 7. The second-order valence-electron chi connectivity index (χ2n) is 32.6. The van der Waals surface area contributed by atoms with Crippen molar-refractivity contribution in [3.63, 3.8) is 0 Å². The fraction of sp³-hybridized carbons (Fsp3) is 0.410. The van der Waals surface area contributed by atoms with Crippen molar-refractivity contribution < 1.29 is 39.9 Å². The molecule has 3 radical (unpaired) electrons. The highest BCUT2D eigenvalue weighted by Gasteiger charge is 2.30. The zero-order chi connectivity index (χ0) is 93.1. The number of carbonyl (C=O) groups excluding carboxylic acids is 7. The number of aromatic nitrogens is 4. The van der Waals surface area contributed by atoms with E-state index in [-0.39, 0.29) is 71.7 Å². The van der Waals surface area contributed by atoms with Crippen LogP contribution in [0.3, 0.4) is 0 Å². The van der Waals surface area contributed by atoms with Gasteiger partial charge in [0, 0.05) is 129 Å². The molecule has 0 aliphatic carbocycles. The number of rotatable bonds is 31. The molecule has 0 fully saturated rings. The Morgan fingerprint density at radius 2 is 0.631 bits per heavy atom. The van der Waals surface area contributed by atoms with Gasteiger partial charge in [0.25, 0.3) is 29.3 Å². The zero-order valence-electron chi connectivity index (χ0n) is 78.5. The van der Waals surface area contributed by atoms with E-state index in [2.05, 4.69) is 144 Å². The Balaban J connectivity index is 0.000000307. The number of hydrogen-bond acceptors (Lipinski definition) is 21. The summed E-state index contributed by atoms with van der Waals surface area (Å²) in [7, 11) is 0. The van der Waals surface area contributed by atoms with Crippen molar-refractivity contribution in [3.05, 3.63) is 196 Å². The summed E-state index contributed by atoms with van der Waals surface area (Å²) in [4.78, 5) is 129. The summed E-state index contributed by atoms with van der Waals surface area (Å²) in [5.41, 5.74) is 29.6. The second kappa shape index (κ2) is 48.8. The summed E-state index contributed by atoms with van der Waals surface area (Å²) >= 11 is 5.64. The molecule has 0 unspecified atom stereocenters. The molecule has 0 aliphatic rings. The van der Waals surface area contributed by atoms with E-state index in [1.165, 1.54) is 106 Å². The highest BCUT2D eigenvalue weighted by atomic mass is 32.1. The zero-order valence-corrected chi connectivity index (χ0v) is 81.8. The van der Waals surface area contributed by atoms with Gasteiger partial charge in [0.15, 0.2) is 20.5 Å². The molecule has 8 aromatic carbocycles. The van der Waals surface area contributed by atoms with Crippen molar-refractivity contribution in [1.82, 2.24) is 39.5 Å². The Morgan fingerprint density at radius 1 is 0.369 bits per heavy atom. The first-order chi connectivity index (χ1) is 60.4. The first kappa shape index (κ1) is 107. The van der Waals surface area contributed by atoms with Gasteiger partial charge in [-0.3, -0.25) is 48.6 Å². The number of nitro groups is 1. The van der Waals surface area contributed by atoms with Crippen molar-refractivity contribution >= 4 is 202 Å². The van der Waals surface area contributed by atoms with E-state index in [9.17, 15) is 43.7 Å². The number of nitrogen functional groups attached to an aromatic ring is 1. The molecule has 130 heavy (non-hydrogen) atoms. The normalized spacial score (nSPS) is 10.7. The van der Waals surface area contributed by atoms with Crippen LogP contribution >= 0.6 is 45.3 Å².